The summed E-state index contributed by atoms with van der Waals surface area (Å²) in [6.45, 7) is 5.72. The lowest BCUT2D eigenvalue weighted by molar-refractivity contribution is 0.0523. The number of esters is 1. The lowest BCUT2D eigenvalue weighted by atomic mass is 10.1. The van der Waals surface area contributed by atoms with Gasteiger partial charge in [0.2, 0.25) is 5.28 Å². The van der Waals surface area contributed by atoms with Crippen molar-refractivity contribution in [3.8, 4) is 0 Å². The molecule has 1 heterocycles. The molecule has 0 spiro atoms. The zero-order valence-corrected chi connectivity index (χ0v) is 9.76. The maximum absolute atomic E-state index is 11.6. The van der Waals surface area contributed by atoms with Crippen molar-refractivity contribution in [3.63, 3.8) is 0 Å². The minimum absolute atomic E-state index is 0.164. The number of carbonyl (C=O) groups is 1. The molecule has 0 N–H and O–H groups in total. The van der Waals surface area contributed by atoms with Crippen LogP contribution in [0.25, 0.3) is 0 Å². The molecule has 0 amide bonds. The van der Waals surface area contributed by atoms with Gasteiger partial charge < -0.3 is 4.74 Å². The van der Waals surface area contributed by atoms with Crippen molar-refractivity contribution >= 4 is 17.6 Å². The van der Waals surface area contributed by atoms with Gasteiger partial charge in [-0.25, -0.2) is 14.8 Å². The summed E-state index contributed by atoms with van der Waals surface area (Å²) in [4.78, 5) is 19.6. The molecule has 82 valence electrons. The second-order valence-corrected chi connectivity index (χ2v) is 3.31. The molecule has 0 aliphatic rings. The van der Waals surface area contributed by atoms with E-state index in [4.69, 9.17) is 16.3 Å². The van der Waals surface area contributed by atoms with Gasteiger partial charge in [0.1, 0.15) is 5.56 Å². The van der Waals surface area contributed by atoms with Gasteiger partial charge in [0.05, 0.1) is 18.0 Å². The predicted octanol–water partition coefficient (Wildman–Crippen LogP) is 2.18. The van der Waals surface area contributed by atoms with Crippen LogP contribution in [-0.2, 0) is 11.2 Å². The van der Waals surface area contributed by atoms with Crippen LogP contribution < -0.4 is 0 Å². The van der Waals surface area contributed by atoms with Crippen LogP contribution in [0.1, 0.15) is 35.6 Å². The molecule has 0 saturated heterocycles. The van der Waals surface area contributed by atoms with Gasteiger partial charge >= 0.3 is 5.97 Å². The number of hydrogen-bond donors (Lipinski definition) is 0. The Morgan fingerprint density at radius 2 is 2.07 bits per heavy atom. The molecule has 0 aromatic carbocycles. The van der Waals surface area contributed by atoms with Crippen molar-refractivity contribution in [1.82, 2.24) is 9.97 Å². The van der Waals surface area contributed by atoms with E-state index in [0.29, 0.717) is 30.0 Å². The Hall–Kier alpha value is -1.16. The highest BCUT2D eigenvalue weighted by molar-refractivity contribution is 6.28. The highest BCUT2D eigenvalue weighted by Crippen LogP contribution is 2.15. The first-order valence-corrected chi connectivity index (χ1v) is 5.18. The van der Waals surface area contributed by atoms with Gasteiger partial charge in [-0.15, -0.1) is 0 Å². The predicted molar refractivity (Wildman–Crippen MR) is 57.1 cm³/mol. The van der Waals surface area contributed by atoms with Crippen molar-refractivity contribution in [3.05, 3.63) is 22.2 Å². The maximum atomic E-state index is 11.6. The summed E-state index contributed by atoms with van der Waals surface area (Å²) in [5.74, 6) is -0.386. The summed E-state index contributed by atoms with van der Waals surface area (Å²) in [6, 6.07) is 0. The van der Waals surface area contributed by atoms with Crippen molar-refractivity contribution in [2.75, 3.05) is 6.61 Å². The van der Waals surface area contributed by atoms with Crippen molar-refractivity contribution in [1.29, 1.82) is 0 Å². The first-order valence-electron chi connectivity index (χ1n) is 4.80. The quantitative estimate of drug-likeness (QED) is 0.588. The van der Waals surface area contributed by atoms with E-state index in [9.17, 15) is 4.79 Å². The van der Waals surface area contributed by atoms with Gasteiger partial charge in [0, 0.05) is 0 Å². The number of halogens is 1. The normalized spacial score (nSPS) is 10.1. The fourth-order valence-electron chi connectivity index (χ4n) is 1.32. The standard InChI is InChI=1S/C10H13ClN2O2/c1-4-7-8(9(14)15-5-2)6(3)12-10(11)13-7/h4-5H2,1-3H3. The van der Waals surface area contributed by atoms with Crippen LogP contribution in [0.15, 0.2) is 0 Å². The molecule has 1 rings (SSSR count). The first-order chi connectivity index (χ1) is 7.10. The van der Waals surface area contributed by atoms with E-state index in [-0.39, 0.29) is 11.3 Å². The number of rotatable bonds is 3. The van der Waals surface area contributed by atoms with E-state index in [0.717, 1.165) is 0 Å². The molecule has 0 aliphatic carbocycles. The average Bonchev–Trinajstić information content (AvgIpc) is 2.16. The first kappa shape index (κ1) is 11.9. The van der Waals surface area contributed by atoms with Gasteiger partial charge in [0.25, 0.3) is 0 Å². The van der Waals surface area contributed by atoms with Crippen LogP contribution in [0.4, 0.5) is 0 Å². The largest absolute Gasteiger partial charge is 0.462 e. The van der Waals surface area contributed by atoms with E-state index in [1.807, 2.05) is 6.92 Å². The number of carbonyl (C=O) groups excluding carboxylic acids is 1. The highest BCUT2D eigenvalue weighted by atomic mass is 35.5. The molecular weight excluding hydrogens is 216 g/mol. The lowest BCUT2D eigenvalue weighted by Crippen LogP contribution is -2.13. The third kappa shape index (κ3) is 2.65. The Balaban J connectivity index is 3.20. The van der Waals surface area contributed by atoms with Gasteiger partial charge in [-0.05, 0) is 31.9 Å². The Morgan fingerprint density at radius 3 is 2.60 bits per heavy atom. The Labute approximate surface area is 93.6 Å². The van der Waals surface area contributed by atoms with Crippen LogP contribution >= 0.6 is 11.6 Å². The molecule has 0 bridgehead atoms. The molecule has 1 aromatic rings. The van der Waals surface area contributed by atoms with Crippen LogP contribution in [0.5, 0.6) is 0 Å². The van der Waals surface area contributed by atoms with Crippen molar-refractivity contribution in [2.45, 2.75) is 27.2 Å². The fraction of sp³-hybridized carbons (Fsp3) is 0.500. The van der Waals surface area contributed by atoms with Crippen LogP contribution in [0, 0.1) is 6.92 Å². The van der Waals surface area contributed by atoms with E-state index in [1.165, 1.54) is 0 Å². The Morgan fingerprint density at radius 1 is 1.40 bits per heavy atom. The summed E-state index contributed by atoms with van der Waals surface area (Å²) in [5, 5.41) is 0.164. The number of nitrogens with zero attached hydrogens (tertiary/aromatic N) is 2. The number of ether oxygens (including phenoxy) is 1. The van der Waals surface area contributed by atoms with Gasteiger partial charge in [-0.1, -0.05) is 6.92 Å². The summed E-state index contributed by atoms with van der Waals surface area (Å²) >= 11 is 5.71. The smallest absolute Gasteiger partial charge is 0.341 e. The molecule has 4 nitrogen and oxygen atoms in total. The van der Waals surface area contributed by atoms with Gasteiger partial charge in [0.15, 0.2) is 0 Å². The van der Waals surface area contributed by atoms with E-state index in [2.05, 4.69) is 9.97 Å². The van der Waals surface area contributed by atoms with E-state index in [1.54, 1.807) is 13.8 Å². The monoisotopic (exact) mass is 228 g/mol. The molecule has 5 heteroatoms. The summed E-state index contributed by atoms with van der Waals surface area (Å²) in [7, 11) is 0. The number of aryl methyl sites for hydroxylation is 2. The third-order valence-electron chi connectivity index (χ3n) is 1.95. The minimum Gasteiger partial charge on any atom is -0.462 e. The lowest BCUT2D eigenvalue weighted by Gasteiger charge is -2.08. The minimum atomic E-state index is -0.386. The molecule has 1 aromatic heterocycles. The zero-order chi connectivity index (χ0) is 11.4. The summed E-state index contributed by atoms with van der Waals surface area (Å²) < 4.78 is 4.93. The second-order valence-electron chi connectivity index (χ2n) is 2.97. The highest BCUT2D eigenvalue weighted by Gasteiger charge is 2.17. The third-order valence-corrected chi connectivity index (χ3v) is 2.12. The molecule has 0 fully saturated rings. The number of hydrogen-bond acceptors (Lipinski definition) is 4. The van der Waals surface area contributed by atoms with Crippen LogP contribution in [-0.4, -0.2) is 22.5 Å². The Kier molecular flexibility index (Phi) is 4.03. The number of aromatic nitrogens is 2. The zero-order valence-electron chi connectivity index (χ0n) is 9.00. The Bertz CT molecular complexity index is 380. The van der Waals surface area contributed by atoms with Crippen molar-refractivity contribution < 1.29 is 9.53 Å². The average molecular weight is 229 g/mol. The van der Waals surface area contributed by atoms with Gasteiger partial charge in [-0.3, -0.25) is 0 Å². The van der Waals surface area contributed by atoms with Gasteiger partial charge in [-0.2, -0.15) is 0 Å². The SMILES string of the molecule is CCOC(=O)c1c(C)nc(Cl)nc1CC. The van der Waals surface area contributed by atoms with Crippen molar-refractivity contribution in [2.24, 2.45) is 0 Å². The van der Waals surface area contributed by atoms with Crippen LogP contribution in [0.2, 0.25) is 5.28 Å². The molecule has 0 aliphatic heterocycles. The van der Waals surface area contributed by atoms with E-state index < -0.39 is 0 Å². The fourth-order valence-corrected chi connectivity index (χ4v) is 1.55. The topological polar surface area (TPSA) is 52.1 Å². The molecule has 15 heavy (non-hydrogen) atoms. The second kappa shape index (κ2) is 5.07. The maximum Gasteiger partial charge on any atom is 0.341 e. The summed E-state index contributed by atoms with van der Waals surface area (Å²) in [6.07, 6.45) is 0.622. The molecular formula is C10H13ClN2O2. The van der Waals surface area contributed by atoms with E-state index >= 15 is 0 Å². The molecule has 0 atom stereocenters. The summed E-state index contributed by atoms with van der Waals surface area (Å²) in [5.41, 5.74) is 1.63. The molecule has 0 saturated carbocycles. The van der Waals surface area contributed by atoms with Crippen LogP contribution in [0.3, 0.4) is 0 Å². The molecule has 0 radical (unpaired) electrons. The molecule has 0 unspecified atom stereocenters.